The Morgan fingerprint density at radius 3 is 2.62 bits per heavy atom. The van der Waals surface area contributed by atoms with Crippen LogP contribution in [-0.4, -0.2) is 43.9 Å². The molecule has 2 fully saturated rings. The molecular formula is C30H34N2O5S2. The predicted octanol–water partition coefficient (Wildman–Crippen LogP) is 4.37. The average molecular weight is 567 g/mol. The number of allylic oxidation sites excluding steroid dienone is 1. The van der Waals surface area contributed by atoms with Crippen LogP contribution in [0, 0.1) is 19.8 Å². The van der Waals surface area contributed by atoms with E-state index >= 15 is 0 Å². The molecule has 39 heavy (non-hydrogen) atoms. The number of sulfonamides is 1. The van der Waals surface area contributed by atoms with Crippen LogP contribution in [0.15, 0.2) is 30.9 Å². The van der Waals surface area contributed by atoms with Crippen molar-refractivity contribution in [2.75, 3.05) is 13.2 Å². The number of hydrogen-bond acceptors (Lipinski definition) is 7. The minimum absolute atomic E-state index is 0.115. The fourth-order valence-electron chi connectivity index (χ4n) is 5.02. The van der Waals surface area contributed by atoms with E-state index < -0.39 is 21.2 Å². The Labute approximate surface area is 233 Å². The lowest BCUT2D eigenvalue weighted by Crippen LogP contribution is -2.33. The van der Waals surface area contributed by atoms with Gasteiger partial charge >= 0.3 is 0 Å². The van der Waals surface area contributed by atoms with Crippen LogP contribution in [0.1, 0.15) is 54.1 Å². The van der Waals surface area contributed by atoms with E-state index in [1.807, 2.05) is 39.0 Å². The molecule has 5 rings (SSSR count). The van der Waals surface area contributed by atoms with Crippen LogP contribution in [0.25, 0.3) is 34.1 Å². The van der Waals surface area contributed by atoms with Crippen molar-refractivity contribution in [3.05, 3.63) is 57.3 Å². The van der Waals surface area contributed by atoms with Gasteiger partial charge < -0.3 is 9.47 Å². The van der Waals surface area contributed by atoms with Crippen molar-refractivity contribution in [1.29, 1.82) is 0 Å². The normalized spacial score (nSPS) is 17.8. The molecule has 1 aromatic carbocycles. The Kier molecular flexibility index (Phi) is 7.68. The molecule has 0 bridgehead atoms. The summed E-state index contributed by atoms with van der Waals surface area (Å²) in [7, 11) is -3.76. The monoisotopic (exact) mass is 566 g/mol. The number of aromatic nitrogens is 1. The predicted molar refractivity (Wildman–Crippen MR) is 157 cm³/mol. The van der Waals surface area contributed by atoms with Crippen molar-refractivity contribution in [3.63, 3.8) is 0 Å². The summed E-state index contributed by atoms with van der Waals surface area (Å²) in [5.41, 5.74) is 3.23. The van der Waals surface area contributed by atoms with Gasteiger partial charge in [-0.3, -0.25) is 4.79 Å². The van der Waals surface area contributed by atoms with Crippen molar-refractivity contribution >= 4 is 50.8 Å². The van der Waals surface area contributed by atoms with Gasteiger partial charge in [-0.25, -0.2) is 18.1 Å². The molecule has 3 heterocycles. The third kappa shape index (κ3) is 5.53. The molecule has 0 spiro atoms. The number of carbonyl (C=O) groups excluding carboxylic acids is 1. The molecule has 1 unspecified atom stereocenters. The maximum atomic E-state index is 13.7. The van der Waals surface area contributed by atoms with Gasteiger partial charge in [-0.15, -0.1) is 11.3 Å². The number of carbonyl (C=O) groups is 1. The fourth-order valence-corrected chi connectivity index (χ4v) is 7.46. The minimum Gasteiger partial charge on any atom is -0.490 e. The van der Waals surface area contributed by atoms with Crippen LogP contribution < -0.4 is 19.2 Å². The fraction of sp³-hybridized carbons (Fsp3) is 0.400. The lowest BCUT2D eigenvalue weighted by Gasteiger charge is -2.29. The molecule has 1 atom stereocenters. The lowest BCUT2D eigenvalue weighted by atomic mass is 9.94. The zero-order valence-electron chi connectivity index (χ0n) is 22.6. The molecule has 2 aliphatic rings. The van der Waals surface area contributed by atoms with E-state index in [4.69, 9.17) is 14.5 Å². The van der Waals surface area contributed by atoms with Gasteiger partial charge in [0.2, 0.25) is 10.0 Å². The standard InChI is InChI=1S/C30H34N2O5S2/c1-6-7-26-18(3)19(4)29(38-26)24-16-23(30(33)32-39(34,35)22-9-10-22)27-25(11-8-17(2)28(27)31-24)37-20(5)21-12-14-36-15-13-21/h6-8,11,16,20-22H,1,3,9-10,12-15H2,2,4-5H3,(H,32,33)/b26-7+. The number of ether oxygens (including phenoxy) is 2. The first-order valence-corrected chi connectivity index (χ1v) is 15.6. The van der Waals surface area contributed by atoms with E-state index in [0.29, 0.717) is 54.3 Å². The van der Waals surface area contributed by atoms with Crippen LogP contribution in [0.2, 0.25) is 0 Å². The van der Waals surface area contributed by atoms with E-state index in [-0.39, 0.29) is 11.7 Å². The number of aryl methyl sites for hydroxylation is 1. The van der Waals surface area contributed by atoms with Gasteiger partial charge in [0.15, 0.2) is 0 Å². The second-order valence-corrected chi connectivity index (χ2v) is 13.4. The first-order valence-electron chi connectivity index (χ1n) is 13.3. The smallest absolute Gasteiger partial charge is 0.265 e. The summed E-state index contributed by atoms with van der Waals surface area (Å²) < 4.78 is 40.8. The molecule has 1 saturated heterocycles. The minimum atomic E-state index is -3.76. The van der Waals surface area contributed by atoms with Crippen molar-refractivity contribution in [1.82, 2.24) is 9.71 Å². The molecule has 1 amide bonds. The summed E-state index contributed by atoms with van der Waals surface area (Å²) in [6, 6.07) is 5.46. The highest BCUT2D eigenvalue weighted by Crippen LogP contribution is 2.37. The van der Waals surface area contributed by atoms with Gasteiger partial charge in [0, 0.05) is 17.7 Å². The summed E-state index contributed by atoms with van der Waals surface area (Å²) in [5, 5.41) is 0.867. The molecule has 1 saturated carbocycles. The zero-order chi connectivity index (χ0) is 27.9. The van der Waals surface area contributed by atoms with E-state index in [2.05, 4.69) is 17.9 Å². The zero-order valence-corrected chi connectivity index (χ0v) is 24.2. The van der Waals surface area contributed by atoms with Crippen LogP contribution in [0.5, 0.6) is 5.75 Å². The van der Waals surface area contributed by atoms with Gasteiger partial charge in [-0.2, -0.15) is 0 Å². The van der Waals surface area contributed by atoms with Crippen molar-refractivity contribution in [2.45, 2.75) is 57.8 Å². The molecular weight excluding hydrogens is 532 g/mol. The van der Waals surface area contributed by atoms with Gasteiger partial charge in [0.25, 0.3) is 5.91 Å². The maximum Gasteiger partial charge on any atom is 0.265 e. The number of rotatable bonds is 8. The SMILES string of the molecule is C=C/C=c1/sc(-c2cc(C(=O)NS(=O)(=O)C3CC3)c3c(OC(C)C4CCOCC4)ccc(C)c3n2)c(C)c1=C. The summed E-state index contributed by atoms with van der Waals surface area (Å²) >= 11 is 1.52. The first kappa shape index (κ1) is 27.6. The summed E-state index contributed by atoms with van der Waals surface area (Å²) in [4.78, 5) is 19.6. The van der Waals surface area contributed by atoms with Crippen LogP contribution in [0.3, 0.4) is 0 Å². The number of fused-ring (bicyclic) bond motifs is 1. The average Bonchev–Trinajstić information content (AvgIpc) is 3.74. The van der Waals surface area contributed by atoms with Crippen molar-refractivity contribution in [3.8, 4) is 16.3 Å². The van der Waals surface area contributed by atoms with Crippen LogP contribution >= 0.6 is 11.3 Å². The second-order valence-electron chi connectivity index (χ2n) is 10.4. The number of pyridine rings is 1. The number of hydrogen-bond donors (Lipinski definition) is 1. The molecule has 1 aliphatic heterocycles. The van der Waals surface area contributed by atoms with E-state index in [0.717, 1.165) is 38.6 Å². The molecule has 3 aromatic rings. The van der Waals surface area contributed by atoms with Gasteiger partial charge in [-0.1, -0.05) is 25.3 Å². The van der Waals surface area contributed by atoms with E-state index in [9.17, 15) is 13.2 Å². The number of nitrogens with zero attached hydrogens (tertiary/aromatic N) is 1. The second kappa shape index (κ2) is 10.9. The summed E-state index contributed by atoms with van der Waals surface area (Å²) in [5.74, 6) is 0.161. The molecule has 9 heteroatoms. The Bertz CT molecular complexity index is 1670. The van der Waals surface area contributed by atoms with E-state index in [1.54, 1.807) is 12.1 Å². The number of amides is 1. The molecule has 206 valence electrons. The molecule has 1 N–H and O–H groups in total. The third-order valence-corrected chi connectivity index (χ3v) is 10.8. The maximum absolute atomic E-state index is 13.7. The number of thiophene rings is 1. The quantitative estimate of drug-likeness (QED) is 0.435. The number of nitrogens with one attached hydrogen (secondary N) is 1. The van der Waals surface area contributed by atoms with Crippen molar-refractivity contribution < 1.29 is 22.7 Å². The Morgan fingerprint density at radius 2 is 1.95 bits per heavy atom. The largest absolute Gasteiger partial charge is 0.490 e. The van der Waals surface area contributed by atoms with E-state index in [1.165, 1.54) is 11.3 Å². The van der Waals surface area contributed by atoms with Crippen molar-refractivity contribution in [2.24, 2.45) is 5.92 Å². The molecule has 0 radical (unpaired) electrons. The van der Waals surface area contributed by atoms with Crippen LogP contribution in [0.4, 0.5) is 0 Å². The first-order chi connectivity index (χ1) is 18.6. The Morgan fingerprint density at radius 1 is 1.23 bits per heavy atom. The topological polar surface area (TPSA) is 94.6 Å². The third-order valence-electron chi connectivity index (χ3n) is 7.61. The van der Waals surface area contributed by atoms with Gasteiger partial charge in [0.05, 0.1) is 38.4 Å². The molecule has 1 aliphatic carbocycles. The Hall–Kier alpha value is -3.01. The van der Waals surface area contributed by atoms with Crippen LogP contribution in [-0.2, 0) is 14.8 Å². The number of benzene rings is 1. The lowest BCUT2D eigenvalue weighted by molar-refractivity contribution is 0.0243. The highest BCUT2D eigenvalue weighted by Gasteiger charge is 2.37. The highest BCUT2D eigenvalue weighted by atomic mass is 32.2. The molecule has 2 aromatic heterocycles. The summed E-state index contributed by atoms with van der Waals surface area (Å²) in [6.45, 7) is 15.3. The molecule has 7 nitrogen and oxygen atoms in total. The van der Waals surface area contributed by atoms with Gasteiger partial charge in [0.1, 0.15) is 5.75 Å². The van der Waals surface area contributed by atoms with Gasteiger partial charge in [-0.05, 0) is 86.9 Å². The highest BCUT2D eigenvalue weighted by molar-refractivity contribution is 7.91. The summed E-state index contributed by atoms with van der Waals surface area (Å²) in [6.07, 6.45) is 6.41. The Balaban J connectivity index is 1.68.